The maximum Gasteiger partial charge on any atom is 0.263 e. The third-order valence-electron chi connectivity index (χ3n) is 3.96. The molecule has 2 aromatic heterocycles. The number of rotatable bonds is 6. The van der Waals surface area contributed by atoms with Gasteiger partial charge in [-0.3, -0.25) is 9.48 Å². The van der Waals surface area contributed by atoms with E-state index in [1.807, 2.05) is 34.0 Å². The van der Waals surface area contributed by atoms with Gasteiger partial charge in [0.15, 0.2) is 0 Å². The standard InChI is InChI=1S/C15H23N5OS.2ClH/c1-5-15(16,6-2)9-17-13(21)12-10(3)19-14(22-12)11-7-18-20(4)8-11;;/h7-8H,5-6,9,16H2,1-4H3,(H,17,21);2*1H. The van der Waals surface area contributed by atoms with Gasteiger partial charge in [0.2, 0.25) is 0 Å². The van der Waals surface area contributed by atoms with Crippen molar-refractivity contribution in [3.8, 4) is 10.6 Å². The van der Waals surface area contributed by atoms with E-state index in [1.54, 1.807) is 10.9 Å². The predicted octanol–water partition coefficient (Wildman–Crippen LogP) is 2.94. The second-order valence-corrected chi connectivity index (χ2v) is 6.59. The van der Waals surface area contributed by atoms with Crippen LogP contribution in [0.5, 0.6) is 0 Å². The van der Waals surface area contributed by atoms with Crippen LogP contribution < -0.4 is 11.1 Å². The van der Waals surface area contributed by atoms with E-state index in [-0.39, 0.29) is 36.3 Å². The van der Waals surface area contributed by atoms with Crippen molar-refractivity contribution >= 4 is 42.1 Å². The molecule has 0 aromatic carbocycles. The zero-order valence-corrected chi connectivity index (χ0v) is 16.8. The summed E-state index contributed by atoms with van der Waals surface area (Å²) in [5, 5.41) is 7.88. The number of halogens is 2. The van der Waals surface area contributed by atoms with Crippen LogP contribution in [-0.4, -0.2) is 32.8 Å². The van der Waals surface area contributed by atoms with Crippen LogP contribution in [0.3, 0.4) is 0 Å². The Morgan fingerprint density at radius 1 is 1.38 bits per heavy atom. The molecule has 0 fully saturated rings. The molecule has 0 radical (unpaired) electrons. The average Bonchev–Trinajstić information content (AvgIpc) is 3.10. The van der Waals surface area contributed by atoms with Crippen LogP contribution in [0.15, 0.2) is 12.4 Å². The summed E-state index contributed by atoms with van der Waals surface area (Å²) in [4.78, 5) is 17.5. The normalized spacial score (nSPS) is 10.7. The molecule has 0 saturated heterocycles. The number of nitrogens with zero attached hydrogens (tertiary/aromatic N) is 3. The van der Waals surface area contributed by atoms with Crippen molar-refractivity contribution in [1.29, 1.82) is 0 Å². The van der Waals surface area contributed by atoms with Crippen molar-refractivity contribution in [3.63, 3.8) is 0 Å². The summed E-state index contributed by atoms with van der Waals surface area (Å²) >= 11 is 1.38. The fraction of sp³-hybridized carbons (Fsp3) is 0.533. The first-order valence-electron chi connectivity index (χ1n) is 7.42. The Morgan fingerprint density at radius 2 is 2.00 bits per heavy atom. The largest absolute Gasteiger partial charge is 0.349 e. The fourth-order valence-corrected chi connectivity index (χ4v) is 3.06. The summed E-state index contributed by atoms with van der Waals surface area (Å²) in [5.41, 5.74) is 7.53. The molecule has 0 unspecified atom stereocenters. The molecule has 0 aliphatic heterocycles. The summed E-state index contributed by atoms with van der Waals surface area (Å²) in [6.45, 7) is 6.39. The minimum Gasteiger partial charge on any atom is -0.349 e. The summed E-state index contributed by atoms with van der Waals surface area (Å²) in [7, 11) is 1.86. The van der Waals surface area contributed by atoms with Crippen molar-refractivity contribution in [3.05, 3.63) is 23.0 Å². The smallest absolute Gasteiger partial charge is 0.263 e. The van der Waals surface area contributed by atoms with Crippen molar-refractivity contribution in [2.24, 2.45) is 12.8 Å². The van der Waals surface area contributed by atoms with Gasteiger partial charge < -0.3 is 11.1 Å². The Bertz CT molecular complexity index is 667. The average molecular weight is 394 g/mol. The van der Waals surface area contributed by atoms with E-state index < -0.39 is 0 Å². The zero-order chi connectivity index (χ0) is 16.3. The lowest BCUT2D eigenvalue weighted by atomic mass is 9.94. The number of hydrogen-bond donors (Lipinski definition) is 2. The molecule has 0 bridgehead atoms. The molecule has 0 atom stereocenters. The highest BCUT2D eigenvalue weighted by atomic mass is 35.5. The van der Waals surface area contributed by atoms with Crippen LogP contribution >= 0.6 is 36.2 Å². The number of carbonyl (C=O) groups excluding carboxylic acids is 1. The van der Waals surface area contributed by atoms with Gasteiger partial charge in [0.25, 0.3) is 5.91 Å². The molecule has 1 amide bonds. The van der Waals surface area contributed by atoms with Crippen molar-refractivity contribution in [2.45, 2.75) is 39.2 Å². The quantitative estimate of drug-likeness (QED) is 0.789. The summed E-state index contributed by atoms with van der Waals surface area (Å²) in [5.74, 6) is -0.109. The van der Waals surface area contributed by atoms with Gasteiger partial charge in [-0.05, 0) is 19.8 Å². The third-order valence-corrected chi connectivity index (χ3v) is 5.17. The van der Waals surface area contributed by atoms with Crippen molar-refractivity contribution < 1.29 is 4.79 Å². The first-order valence-corrected chi connectivity index (χ1v) is 8.23. The fourth-order valence-electron chi connectivity index (χ4n) is 2.10. The van der Waals surface area contributed by atoms with E-state index in [0.29, 0.717) is 11.4 Å². The highest BCUT2D eigenvalue weighted by Crippen LogP contribution is 2.27. The lowest BCUT2D eigenvalue weighted by molar-refractivity contribution is 0.0945. The maximum absolute atomic E-state index is 12.4. The number of amides is 1. The van der Waals surface area contributed by atoms with Gasteiger partial charge in [-0.2, -0.15) is 5.10 Å². The van der Waals surface area contributed by atoms with Gasteiger partial charge >= 0.3 is 0 Å². The van der Waals surface area contributed by atoms with E-state index in [0.717, 1.165) is 29.1 Å². The van der Waals surface area contributed by atoms with Gasteiger partial charge in [-0.25, -0.2) is 4.98 Å². The molecule has 2 heterocycles. The molecule has 0 saturated carbocycles. The maximum atomic E-state index is 12.4. The lowest BCUT2D eigenvalue weighted by Crippen LogP contribution is -2.49. The van der Waals surface area contributed by atoms with E-state index in [2.05, 4.69) is 15.4 Å². The Morgan fingerprint density at radius 3 is 2.50 bits per heavy atom. The number of thiazole rings is 1. The molecule has 0 aliphatic carbocycles. The number of hydrogen-bond acceptors (Lipinski definition) is 5. The van der Waals surface area contributed by atoms with Crippen LogP contribution in [0.2, 0.25) is 0 Å². The zero-order valence-electron chi connectivity index (χ0n) is 14.3. The first-order chi connectivity index (χ1) is 10.4. The SMILES string of the molecule is CCC(N)(CC)CNC(=O)c1sc(-c2cnn(C)c2)nc1C.Cl.Cl. The van der Waals surface area contributed by atoms with E-state index in [9.17, 15) is 4.79 Å². The van der Waals surface area contributed by atoms with Crippen LogP contribution in [0.4, 0.5) is 0 Å². The van der Waals surface area contributed by atoms with E-state index in [4.69, 9.17) is 5.73 Å². The van der Waals surface area contributed by atoms with Crippen LogP contribution in [0, 0.1) is 6.92 Å². The van der Waals surface area contributed by atoms with Crippen LogP contribution in [-0.2, 0) is 7.05 Å². The Kier molecular flexibility index (Phi) is 8.91. The number of carbonyl (C=O) groups is 1. The topological polar surface area (TPSA) is 85.8 Å². The Hall–Kier alpha value is -1.15. The second-order valence-electron chi connectivity index (χ2n) is 5.59. The lowest BCUT2D eigenvalue weighted by Gasteiger charge is -2.26. The molecule has 0 aliphatic rings. The van der Waals surface area contributed by atoms with Gasteiger partial charge in [0, 0.05) is 30.9 Å². The van der Waals surface area contributed by atoms with E-state index >= 15 is 0 Å². The van der Waals surface area contributed by atoms with Gasteiger partial charge in [0.1, 0.15) is 9.88 Å². The minimum absolute atomic E-state index is 0. The highest BCUT2D eigenvalue weighted by molar-refractivity contribution is 7.17. The molecule has 2 rings (SSSR count). The third kappa shape index (κ3) is 5.17. The Balaban J connectivity index is 0.00000264. The first kappa shape index (κ1) is 22.9. The predicted molar refractivity (Wildman–Crippen MR) is 103 cm³/mol. The molecule has 3 N–H and O–H groups in total. The minimum atomic E-state index is -0.347. The number of aryl methyl sites for hydroxylation is 2. The number of nitrogens with two attached hydrogens (primary N) is 1. The van der Waals surface area contributed by atoms with Gasteiger partial charge in [-0.1, -0.05) is 13.8 Å². The molecule has 136 valence electrons. The molecular weight excluding hydrogens is 369 g/mol. The highest BCUT2D eigenvalue weighted by Gasteiger charge is 2.23. The molecule has 6 nitrogen and oxygen atoms in total. The van der Waals surface area contributed by atoms with Crippen LogP contribution in [0.1, 0.15) is 42.1 Å². The molecule has 9 heteroatoms. The second kappa shape index (κ2) is 9.36. The van der Waals surface area contributed by atoms with Crippen molar-refractivity contribution in [2.75, 3.05) is 6.54 Å². The summed E-state index contributed by atoms with van der Waals surface area (Å²) in [6, 6.07) is 0. The van der Waals surface area contributed by atoms with Gasteiger partial charge in [0.05, 0.1) is 11.9 Å². The van der Waals surface area contributed by atoms with Gasteiger partial charge in [-0.15, -0.1) is 36.2 Å². The number of aromatic nitrogens is 3. The summed E-state index contributed by atoms with van der Waals surface area (Å²) < 4.78 is 1.72. The molecule has 2 aromatic rings. The Labute approximate surface area is 159 Å². The van der Waals surface area contributed by atoms with Crippen LogP contribution in [0.25, 0.3) is 10.6 Å². The molecule has 0 spiro atoms. The van der Waals surface area contributed by atoms with E-state index in [1.165, 1.54) is 11.3 Å². The molecule has 24 heavy (non-hydrogen) atoms. The number of nitrogens with one attached hydrogen (secondary N) is 1. The van der Waals surface area contributed by atoms with Crippen molar-refractivity contribution in [1.82, 2.24) is 20.1 Å². The molecular formula is C15H25Cl2N5OS. The summed E-state index contributed by atoms with van der Waals surface area (Å²) in [6.07, 6.45) is 5.29. The monoisotopic (exact) mass is 393 g/mol.